The van der Waals surface area contributed by atoms with E-state index in [1.807, 2.05) is 86.3 Å². The van der Waals surface area contributed by atoms with Gasteiger partial charge in [-0.15, -0.1) is 0 Å². The molecule has 2 aliphatic heterocycles. The maximum Gasteiger partial charge on any atom is 0.232 e. The highest BCUT2D eigenvalue weighted by molar-refractivity contribution is 6.30. The van der Waals surface area contributed by atoms with Crippen LogP contribution < -0.4 is 14.4 Å². The van der Waals surface area contributed by atoms with Crippen LogP contribution in [0.5, 0.6) is 11.5 Å². The zero-order chi connectivity index (χ0) is 30.3. The summed E-state index contributed by atoms with van der Waals surface area (Å²) in [7, 11) is 1.62. The van der Waals surface area contributed by atoms with E-state index < -0.39 is 5.60 Å². The lowest BCUT2D eigenvalue weighted by Crippen LogP contribution is -2.48. The molecule has 2 atom stereocenters. The lowest BCUT2D eigenvalue weighted by Gasteiger charge is -2.45. The highest BCUT2D eigenvalue weighted by Gasteiger charge is 2.39. The first-order valence-corrected chi connectivity index (χ1v) is 16.1. The van der Waals surface area contributed by atoms with E-state index in [4.69, 9.17) is 21.1 Å². The smallest absolute Gasteiger partial charge is 0.232 e. The van der Waals surface area contributed by atoms with Crippen molar-refractivity contribution in [3.05, 3.63) is 87.9 Å². The lowest BCUT2D eigenvalue weighted by atomic mass is 9.76. The number of halogens is 1. The van der Waals surface area contributed by atoms with E-state index in [1.165, 1.54) is 19.3 Å². The molecule has 1 amide bonds. The second-order valence-electron chi connectivity index (χ2n) is 12.9. The molecule has 43 heavy (non-hydrogen) atoms. The monoisotopic (exact) mass is 602 g/mol. The van der Waals surface area contributed by atoms with Crippen molar-refractivity contribution in [3.63, 3.8) is 0 Å². The van der Waals surface area contributed by atoms with Gasteiger partial charge in [0.1, 0.15) is 0 Å². The standard InChI is InChI=1S/C36H43ClN2O4/c1-23(2)43-33-22-31-25(20-32(33)42-4)21-34(40)39(35(31)24-8-12-28(37)13-9-24)30-14-10-26(11-15-30)36(3,41)27-16-18-38(19-17-27)29-6-5-7-29/h8-15,20,22-23,27,29,35,41H,5-7,16-19,21H2,1-4H3/t35-,36?/m0/s1. The molecule has 6 nitrogen and oxygen atoms in total. The molecule has 228 valence electrons. The molecule has 3 aromatic rings. The van der Waals surface area contributed by atoms with Crippen LogP contribution in [0.3, 0.4) is 0 Å². The summed E-state index contributed by atoms with van der Waals surface area (Å²) in [6.45, 7) is 8.04. The van der Waals surface area contributed by atoms with Gasteiger partial charge in [-0.25, -0.2) is 0 Å². The number of carbonyl (C=O) groups excluding carboxylic acids is 1. The van der Waals surface area contributed by atoms with Gasteiger partial charge < -0.3 is 24.4 Å². The molecular weight excluding hydrogens is 560 g/mol. The Morgan fingerprint density at radius 2 is 1.63 bits per heavy atom. The van der Waals surface area contributed by atoms with Crippen molar-refractivity contribution in [2.45, 2.75) is 83.1 Å². The number of ether oxygens (including phenoxy) is 2. The molecule has 0 bridgehead atoms. The molecule has 1 aliphatic carbocycles. The van der Waals surface area contributed by atoms with E-state index in [1.54, 1.807) is 7.11 Å². The third-order valence-corrected chi connectivity index (χ3v) is 10.0. The number of fused-ring (bicyclic) bond motifs is 1. The van der Waals surface area contributed by atoms with Gasteiger partial charge in [0.2, 0.25) is 5.91 Å². The molecule has 1 saturated carbocycles. The first-order chi connectivity index (χ1) is 20.7. The van der Waals surface area contributed by atoms with E-state index in [2.05, 4.69) is 4.90 Å². The van der Waals surface area contributed by atoms with Crippen LogP contribution in [0.25, 0.3) is 0 Å². The van der Waals surface area contributed by atoms with Crippen LogP contribution in [0.15, 0.2) is 60.7 Å². The topological polar surface area (TPSA) is 62.2 Å². The maximum absolute atomic E-state index is 13.9. The SMILES string of the molecule is COc1cc2c(cc1OC(C)C)[C@H](c1ccc(Cl)cc1)N(c1ccc(C(C)(O)C3CCN(C4CCC4)CC3)cc1)C(=O)C2. The molecule has 2 heterocycles. The van der Waals surface area contributed by atoms with Gasteiger partial charge in [0.25, 0.3) is 0 Å². The highest BCUT2D eigenvalue weighted by Crippen LogP contribution is 2.45. The van der Waals surface area contributed by atoms with E-state index in [-0.39, 0.29) is 30.4 Å². The van der Waals surface area contributed by atoms with Crippen molar-refractivity contribution in [3.8, 4) is 11.5 Å². The number of likely N-dealkylation sites (tertiary alicyclic amines) is 1. The molecular formula is C36H43ClN2O4. The fraction of sp³-hybridized carbons (Fsp3) is 0.472. The minimum absolute atomic E-state index is 0.00472. The van der Waals surface area contributed by atoms with Crippen molar-refractivity contribution in [2.24, 2.45) is 5.92 Å². The molecule has 0 radical (unpaired) electrons. The van der Waals surface area contributed by atoms with Crippen molar-refractivity contribution in [2.75, 3.05) is 25.1 Å². The quantitative estimate of drug-likeness (QED) is 0.293. The first kappa shape index (κ1) is 30.0. The van der Waals surface area contributed by atoms with Crippen LogP contribution in [0.1, 0.15) is 81.2 Å². The average molecular weight is 603 g/mol. The van der Waals surface area contributed by atoms with Gasteiger partial charge in [0.05, 0.1) is 31.3 Å². The van der Waals surface area contributed by atoms with Gasteiger partial charge in [0, 0.05) is 16.8 Å². The van der Waals surface area contributed by atoms with Crippen molar-refractivity contribution < 1.29 is 19.4 Å². The number of piperidine rings is 1. The zero-order valence-electron chi connectivity index (χ0n) is 25.7. The summed E-state index contributed by atoms with van der Waals surface area (Å²) in [6.07, 6.45) is 6.19. The predicted octanol–water partition coefficient (Wildman–Crippen LogP) is 7.29. The maximum atomic E-state index is 13.9. The first-order valence-electron chi connectivity index (χ1n) is 15.7. The second kappa shape index (κ2) is 12.1. The summed E-state index contributed by atoms with van der Waals surface area (Å²) in [4.78, 5) is 18.4. The summed E-state index contributed by atoms with van der Waals surface area (Å²) in [5, 5.41) is 12.4. The van der Waals surface area contributed by atoms with Gasteiger partial charge in [-0.05, 0) is 124 Å². The van der Waals surface area contributed by atoms with Crippen LogP contribution >= 0.6 is 11.6 Å². The minimum Gasteiger partial charge on any atom is -0.493 e. The van der Waals surface area contributed by atoms with Crippen LogP contribution in [-0.2, 0) is 16.8 Å². The minimum atomic E-state index is -0.933. The number of carbonyl (C=O) groups is 1. The van der Waals surface area contributed by atoms with E-state index >= 15 is 0 Å². The Bertz CT molecular complexity index is 1440. The van der Waals surface area contributed by atoms with Crippen molar-refractivity contribution in [1.82, 2.24) is 4.90 Å². The van der Waals surface area contributed by atoms with E-state index in [0.717, 1.165) is 59.9 Å². The van der Waals surface area contributed by atoms with Crippen LogP contribution in [0.4, 0.5) is 5.69 Å². The number of hydrogen-bond donors (Lipinski definition) is 1. The third-order valence-electron chi connectivity index (χ3n) is 9.78. The van der Waals surface area contributed by atoms with E-state index in [0.29, 0.717) is 16.5 Å². The Morgan fingerprint density at radius 3 is 2.21 bits per heavy atom. The predicted molar refractivity (Wildman–Crippen MR) is 171 cm³/mol. The van der Waals surface area contributed by atoms with Gasteiger partial charge in [-0.2, -0.15) is 0 Å². The Morgan fingerprint density at radius 1 is 0.953 bits per heavy atom. The molecule has 1 N–H and O–H groups in total. The fourth-order valence-corrected chi connectivity index (χ4v) is 7.23. The Kier molecular flexibility index (Phi) is 8.47. The Labute approximate surface area is 260 Å². The molecule has 1 saturated heterocycles. The third kappa shape index (κ3) is 5.90. The Hall–Kier alpha value is -3.06. The average Bonchev–Trinajstić information content (AvgIpc) is 2.96. The number of aliphatic hydroxyl groups is 1. The molecule has 3 aromatic carbocycles. The normalized spacial score (nSPS) is 21.3. The summed E-state index contributed by atoms with van der Waals surface area (Å²) in [6, 6.07) is 19.9. The summed E-state index contributed by atoms with van der Waals surface area (Å²) < 4.78 is 11.8. The molecule has 6 rings (SSSR count). The van der Waals surface area contributed by atoms with Crippen LogP contribution in [0.2, 0.25) is 5.02 Å². The van der Waals surface area contributed by atoms with Crippen LogP contribution in [-0.4, -0.2) is 48.3 Å². The summed E-state index contributed by atoms with van der Waals surface area (Å²) >= 11 is 6.27. The van der Waals surface area contributed by atoms with Crippen LogP contribution in [0, 0.1) is 5.92 Å². The number of rotatable bonds is 8. The summed E-state index contributed by atoms with van der Waals surface area (Å²) in [5.41, 5.74) is 3.61. The molecule has 7 heteroatoms. The molecule has 2 fully saturated rings. The molecule has 1 unspecified atom stereocenters. The molecule has 0 spiro atoms. The lowest BCUT2D eigenvalue weighted by molar-refractivity contribution is -0.118. The van der Waals surface area contributed by atoms with Gasteiger partial charge in [-0.1, -0.05) is 42.3 Å². The fourth-order valence-electron chi connectivity index (χ4n) is 7.10. The Balaban J connectivity index is 1.32. The van der Waals surface area contributed by atoms with E-state index in [9.17, 15) is 9.90 Å². The number of benzene rings is 3. The summed E-state index contributed by atoms with van der Waals surface area (Å²) in [5.74, 6) is 1.47. The van der Waals surface area contributed by atoms with Gasteiger partial charge >= 0.3 is 0 Å². The molecule has 3 aliphatic rings. The van der Waals surface area contributed by atoms with Gasteiger partial charge in [0.15, 0.2) is 11.5 Å². The van der Waals surface area contributed by atoms with Gasteiger partial charge in [-0.3, -0.25) is 4.79 Å². The number of hydrogen-bond acceptors (Lipinski definition) is 5. The largest absolute Gasteiger partial charge is 0.493 e. The number of anilines is 1. The molecule has 0 aromatic heterocycles. The highest BCUT2D eigenvalue weighted by atomic mass is 35.5. The number of nitrogens with zero attached hydrogens (tertiary/aromatic N) is 2. The second-order valence-corrected chi connectivity index (χ2v) is 13.3. The zero-order valence-corrected chi connectivity index (χ0v) is 26.4. The number of amides is 1. The van der Waals surface area contributed by atoms with Crippen molar-refractivity contribution >= 4 is 23.2 Å². The number of methoxy groups -OCH3 is 1. The van der Waals surface area contributed by atoms with Crippen molar-refractivity contribution in [1.29, 1.82) is 0 Å².